The Bertz CT molecular complexity index is 509. The van der Waals surface area contributed by atoms with Crippen molar-refractivity contribution < 1.29 is 26.8 Å². The highest BCUT2D eigenvalue weighted by atomic mass is 32.3. The van der Waals surface area contributed by atoms with E-state index in [0.29, 0.717) is 0 Å². The standard InChI is InChI=1S/C7H7NO7S/c1-14-6-3-2-5(8(9)10)4-7(6)15-16(11,12)13/h2-4H,1H3,(H,11,12,13). The zero-order valence-electron chi connectivity index (χ0n) is 7.98. The molecule has 0 bridgehead atoms. The molecule has 0 aliphatic heterocycles. The van der Waals surface area contributed by atoms with Gasteiger partial charge in [0.25, 0.3) is 5.69 Å². The minimum absolute atomic E-state index is 0.0526. The summed E-state index contributed by atoms with van der Waals surface area (Å²) in [5.74, 6) is -0.512. The zero-order valence-corrected chi connectivity index (χ0v) is 8.80. The molecule has 0 saturated heterocycles. The highest BCUT2D eigenvalue weighted by Gasteiger charge is 2.17. The fraction of sp³-hybridized carbons (Fsp3) is 0.143. The minimum Gasteiger partial charge on any atom is -0.493 e. The summed E-state index contributed by atoms with van der Waals surface area (Å²) in [6, 6.07) is 3.08. The van der Waals surface area contributed by atoms with Gasteiger partial charge in [0.15, 0.2) is 11.5 Å². The van der Waals surface area contributed by atoms with Gasteiger partial charge in [-0.3, -0.25) is 14.7 Å². The average molecular weight is 249 g/mol. The third-order valence-electron chi connectivity index (χ3n) is 1.55. The van der Waals surface area contributed by atoms with E-state index in [0.717, 1.165) is 18.2 Å². The van der Waals surface area contributed by atoms with Crippen LogP contribution in [0.4, 0.5) is 5.69 Å². The fourth-order valence-corrected chi connectivity index (χ4v) is 1.31. The van der Waals surface area contributed by atoms with E-state index in [1.807, 2.05) is 0 Å². The summed E-state index contributed by atoms with van der Waals surface area (Å²) >= 11 is 0. The van der Waals surface area contributed by atoms with Gasteiger partial charge in [-0.25, -0.2) is 0 Å². The monoisotopic (exact) mass is 249 g/mol. The maximum Gasteiger partial charge on any atom is 0.446 e. The van der Waals surface area contributed by atoms with Gasteiger partial charge in [0.05, 0.1) is 18.1 Å². The van der Waals surface area contributed by atoms with Crippen molar-refractivity contribution in [3.8, 4) is 11.5 Å². The molecule has 1 aromatic carbocycles. The highest BCUT2D eigenvalue weighted by molar-refractivity contribution is 7.81. The van der Waals surface area contributed by atoms with Gasteiger partial charge in [0.2, 0.25) is 0 Å². The summed E-state index contributed by atoms with van der Waals surface area (Å²) in [4.78, 5) is 9.68. The van der Waals surface area contributed by atoms with E-state index >= 15 is 0 Å². The first-order valence-corrected chi connectivity index (χ1v) is 5.19. The molecule has 9 heteroatoms. The molecule has 16 heavy (non-hydrogen) atoms. The number of non-ortho nitro benzene ring substituents is 1. The molecule has 0 heterocycles. The molecule has 0 aliphatic rings. The van der Waals surface area contributed by atoms with E-state index < -0.39 is 21.1 Å². The van der Waals surface area contributed by atoms with Crippen molar-refractivity contribution in [3.63, 3.8) is 0 Å². The van der Waals surface area contributed by atoms with Gasteiger partial charge >= 0.3 is 10.4 Å². The Morgan fingerprint density at radius 1 is 1.38 bits per heavy atom. The number of hydrogen-bond donors (Lipinski definition) is 1. The molecule has 0 atom stereocenters. The van der Waals surface area contributed by atoms with Crippen molar-refractivity contribution in [2.45, 2.75) is 0 Å². The number of nitro benzene ring substituents is 1. The third-order valence-corrected chi connectivity index (χ3v) is 1.94. The Labute approximate surface area is 90.5 Å². The number of methoxy groups -OCH3 is 1. The van der Waals surface area contributed by atoms with Crippen LogP contribution >= 0.6 is 0 Å². The van der Waals surface area contributed by atoms with Crippen molar-refractivity contribution in [2.75, 3.05) is 7.11 Å². The van der Waals surface area contributed by atoms with E-state index in [2.05, 4.69) is 4.18 Å². The molecule has 0 aromatic heterocycles. The summed E-state index contributed by atoms with van der Waals surface area (Å²) in [7, 11) is -3.53. The molecule has 0 saturated carbocycles. The summed E-state index contributed by atoms with van der Waals surface area (Å²) in [6.45, 7) is 0. The molecule has 0 fully saturated rings. The SMILES string of the molecule is COc1ccc([N+](=O)[O-])cc1OS(=O)(=O)O. The molecule has 1 rings (SSSR count). The zero-order chi connectivity index (χ0) is 12.3. The lowest BCUT2D eigenvalue weighted by Gasteiger charge is -2.06. The first-order valence-electron chi connectivity index (χ1n) is 3.83. The van der Waals surface area contributed by atoms with E-state index in [9.17, 15) is 18.5 Å². The molecule has 1 N–H and O–H groups in total. The second kappa shape index (κ2) is 4.33. The summed E-state index contributed by atoms with van der Waals surface area (Å²) in [6.07, 6.45) is 0. The van der Waals surface area contributed by atoms with Gasteiger partial charge in [-0.05, 0) is 6.07 Å². The molecule has 0 aliphatic carbocycles. The molecule has 0 unspecified atom stereocenters. The van der Waals surface area contributed by atoms with Gasteiger partial charge < -0.3 is 8.92 Å². The lowest BCUT2D eigenvalue weighted by atomic mass is 10.3. The number of hydrogen-bond acceptors (Lipinski definition) is 6. The first-order chi connectivity index (χ1) is 7.33. The fourth-order valence-electron chi connectivity index (χ4n) is 0.958. The van der Waals surface area contributed by atoms with Crippen LogP contribution in [0.3, 0.4) is 0 Å². The smallest absolute Gasteiger partial charge is 0.446 e. The number of nitro groups is 1. The maximum absolute atomic E-state index is 10.5. The van der Waals surface area contributed by atoms with Crippen LogP contribution in [0, 0.1) is 10.1 Å². The second-order valence-corrected chi connectivity index (χ2v) is 3.63. The first kappa shape index (κ1) is 12.2. The Hall–Kier alpha value is -1.87. The average Bonchev–Trinajstić information content (AvgIpc) is 2.15. The van der Waals surface area contributed by atoms with Crippen molar-refractivity contribution in [2.24, 2.45) is 0 Å². The summed E-state index contributed by atoms with van der Waals surface area (Å²) in [5.41, 5.74) is -0.389. The maximum atomic E-state index is 10.5. The topological polar surface area (TPSA) is 116 Å². The molecule has 0 spiro atoms. The van der Waals surface area contributed by atoms with Crippen molar-refractivity contribution >= 4 is 16.1 Å². The van der Waals surface area contributed by atoms with Crippen LogP contribution < -0.4 is 8.92 Å². The van der Waals surface area contributed by atoms with E-state index in [-0.39, 0.29) is 11.4 Å². The highest BCUT2D eigenvalue weighted by Crippen LogP contribution is 2.31. The lowest BCUT2D eigenvalue weighted by molar-refractivity contribution is -0.384. The minimum atomic E-state index is -4.75. The number of benzene rings is 1. The summed E-state index contributed by atoms with van der Waals surface area (Å²) in [5, 5.41) is 10.4. The van der Waals surface area contributed by atoms with Crippen molar-refractivity contribution in [3.05, 3.63) is 28.3 Å². The van der Waals surface area contributed by atoms with Gasteiger partial charge in [0, 0.05) is 6.07 Å². The van der Waals surface area contributed by atoms with E-state index in [1.165, 1.54) is 7.11 Å². The van der Waals surface area contributed by atoms with Crippen molar-refractivity contribution in [1.29, 1.82) is 0 Å². The van der Waals surface area contributed by atoms with Gasteiger partial charge in [-0.2, -0.15) is 8.42 Å². The predicted molar refractivity (Wildman–Crippen MR) is 51.8 cm³/mol. The van der Waals surface area contributed by atoms with E-state index in [4.69, 9.17) is 9.29 Å². The van der Waals surface area contributed by atoms with Gasteiger partial charge in [-0.15, -0.1) is 0 Å². The predicted octanol–water partition coefficient (Wildman–Crippen LogP) is 0.785. The Balaban J connectivity index is 3.22. The van der Waals surface area contributed by atoms with Crippen LogP contribution in [0.5, 0.6) is 11.5 Å². The Kier molecular flexibility index (Phi) is 3.30. The van der Waals surface area contributed by atoms with Crippen LogP contribution in [-0.4, -0.2) is 25.0 Å². The molecule has 0 radical (unpaired) electrons. The Morgan fingerprint density at radius 3 is 2.44 bits per heavy atom. The van der Waals surface area contributed by atoms with Crippen LogP contribution in [0.15, 0.2) is 18.2 Å². The number of nitrogens with zero attached hydrogens (tertiary/aromatic N) is 1. The molecular weight excluding hydrogens is 242 g/mol. The quantitative estimate of drug-likeness (QED) is 0.476. The van der Waals surface area contributed by atoms with Crippen LogP contribution in [0.2, 0.25) is 0 Å². The Morgan fingerprint density at radius 2 is 2.00 bits per heavy atom. The normalized spacial score (nSPS) is 10.9. The van der Waals surface area contributed by atoms with Crippen molar-refractivity contribution in [1.82, 2.24) is 0 Å². The molecular formula is C7H7NO7S. The molecule has 1 aromatic rings. The van der Waals surface area contributed by atoms with E-state index in [1.54, 1.807) is 0 Å². The van der Waals surface area contributed by atoms with Crippen LogP contribution in [-0.2, 0) is 10.4 Å². The number of rotatable bonds is 4. The second-order valence-electron chi connectivity index (χ2n) is 2.60. The van der Waals surface area contributed by atoms with Crippen LogP contribution in [0.25, 0.3) is 0 Å². The van der Waals surface area contributed by atoms with Gasteiger partial charge in [0.1, 0.15) is 0 Å². The third kappa shape index (κ3) is 3.07. The molecule has 0 amide bonds. The molecule has 8 nitrogen and oxygen atoms in total. The van der Waals surface area contributed by atoms with Gasteiger partial charge in [-0.1, -0.05) is 0 Å². The largest absolute Gasteiger partial charge is 0.493 e. The molecule has 88 valence electrons. The number of ether oxygens (including phenoxy) is 1. The summed E-state index contributed by atoms with van der Waals surface area (Å²) < 4.78 is 38.2. The lowest BCUT2D eigenvalue weighted by Crippen LogP contribution is -2.07. The van der Waals surface area contributed by atoms with Crippen LogP contribution in [0.1, 0.15) is 0 Å².